The highest BCUT2D eigenvalue weighted by atomic mass is 15.2. The minimum absolute atomic E-state index is 0.161. The second kappa shape index (κ2) is 6.73. The molecule has 1 aromatic rings. The first-order chi connectivity index (χ1) is 9.22. The molecule has 104 valence electrons. The average molecular weight is 259 g/mol. The van der Waals surface area contributed by atoms with Crippen molar-refractivity contribution in [2.45, 2.75) is 38.1 Å². The molecule has 0 saturated carbocycles. The molecule has 1 unspecified atom stereocenters. The Morgan fingerprint density at radius 2 is 1.84 bits per heavy atom. The Balaban J connectivity index is 2.18. The molecule has 0 spiro atoms. The third-order valence-corrected chi connectivity index (χ3v) is 3.86. The van der Waals surface area contributed by atoms with Crippen molar-refractivity contribution in [2.24, 2.45) is 5.84 Å². The van der Waals surface area contributed by atoms with Gasteiger partial charge in [-0.1, -0.05) is 30.2 Å². The molecule has 3 nitrogen and oxygen atoms in total. The van der Waals surface area contributed by atoms with Crippen LogP contribution in [0.2, 0.25) is 0 Å². The lowest BCUT2D eigenvalue weighted by Crippen LogP contribution is -2.29. The predicted molar refractivity (Wildman–Crippen MR) is 82.0 cm³/mol. The van der Waals surface area contributed by atoms with Crippen molar-refractivity contribution in [3.8, 4) is 0 Å². The number of hydrogen-bond acceptors (Lipinski definition) is 3. The Kier molecular flexibility index (Phi) is 5.00. The van der Waals surface area contributed by atoms with Crippen LogP contribution < -0.4 is 16.2 Å². The van der Waals surface area contributed by atoms with Gasteiger partial charge in [-0.25, -0.2) is 5.43 Å². The molecule has 1 aliphatic rings. The molecule has 1 aliphatic carbocycles. The van der Waals surface area contributed by atoms with Gasteiger partial charge < -0.3 is 4.90 Å². The van der Waals surface area contributed by atoms with Gasteiger partial charge in [-0.2, -0.15) is 0 Å². The van der Waals surface area contributed by atoms with E-state index in [1.165, 1.54) is 42.5 Å². The van der Waals surface area contributed by atoms with Gasteiger partial charge >= 0.3 is 0 Å². The monoisotopic (exact) mass is 259 g/mol. The number of nitrogens with two attached hydrogens (primary N) is 1. The predicted octanol–water partition coefficient (Wildman–Crippen LogP) is 3.15. The van der Waals surface area contributed by atoms with Crippen LogP contribution in [0.5, 0.6) is 0 Å². The van der Waals surface area contributed by atoms with Crippen molar-refractivity contribution >= 4 is 5.69 Å². The zero-order chi connectivity index (χ0) is 13.7. The molecule has 3 N–H and O–H groups in total. The Bertz CT molecular complexity index is 420. The fraction of sp³-hybridized carbons (Fsp3) is 0.500. The summed E-state index contributed by atoms with van der Waals surface area (Å²) in [6.45, 7) is 0. The van der Waals surface area contributed by atoms with Crippen LogP contribution in [0.25, 0.3) is 0 Å². The highest BCUT2D eigenvalue weighted by molar-refractivity contribution is 5.47. The van der Waals surface area contributed by atoms with Crippen molar-refractivity contribution in [1.29, 1.82) is 0 Å². The summed E-state index contributed by atoms with van der Waals surface area (Å²) in [4.78, 5) is 2.11. The third-order valence-electron chi connectivity index (χ3n) is 3.86. The van der Waals surface area contributed by atoms with E-state index in [-0.39, 0.29) is 6.04 Å². The highest BCUT2D eigenvalue weighted by Crippen LogP contribution is 2.29. The van der Waals surface area contributed by atoms with Crippen LogP contribution >= 0.6 is 0 Å². The van der Waals surface area contributed by atoms with Gasteiger partial charge in [0.15, 0.2) is 0 Å². The first-order valence-electron chi connectivity index (χ1n) is 7.14. The van der Waals surface area contributed by atoms with E-state index in [1.54, 1.807) is 0 Å². The van der Waals surface area contributed by atoms with Gasteiger partial charge in [0.05, 0.1) is 6.04 Å². The topological polar surface area (TPSA) is 41.3 Å². The third kappa shape index (κ3) is 3.58. The summed E-state index contributed by atoms with van der Waals surface area (Å²) in [7, 11) is 4.11. The van der Waals surface area contributed by atoms with Crippen molar-refractivity contribution in [3.05, 3.63) is 41.5 Å². The molecule has 0 saturated heterocycles. The van der Waals surface area contributed by atoms with E-state index in [1.807, 2.05) is 0 Å². The van der Waals surface area contributed by atoms with Crippen molar-refractivity contribution in [2.75, 3.05) is 19.0 Å². The smallest absolute Gasteiger partial charge is 0.0670 e. The van der Waals surface area contributed by atoms with Crippen LogP contribution in [-0.4, -0.2) is 14.1 Å². The van der Waals surface area contributed by atoms with Crippen LogP contribution in [0, 0.1) is 0 Å². The quantitative estimate of drug-likeness (QED) is 0.496. The van der Waals surface area contributed by atoms with Gasteiger partial charge in [0.25, 0.3) is 0 Å². The Morgan fingerprint density at radius 3 is 2.47 bits per heavy atom. The van der Waals surface area contributed by atoms with Crippen LogP contribution in [0.4, 0.5) is 5.69 Å². The van der Waals surface area contributed by atoms with Crippen LogP contribution in [-0.2, 0) is 0 Å². The second-order valence-corrected chi connectivity index (χ2v) is 5.46. The summed E-state index contributed by atoms with van der Waals surface area (Å²) < 4.78 is 0. The lowest BCUT2D eigenvalue weighted by molar-refractivity contribution is 0.593. The van der Waals surface area contributed by atoms with E-state index in [4.69, 9.17) is 5.84 Å². The van der Waals surface area contributed by atoms with Crippen molar-refractivity contribution < 1.29 is 0 Å². The summed E-state index contributed by atoms with van der Waals surface area (Å²) in [6, 6.07) is 8.81. The van der Waals surface area contributed by atoms with Gasteiger partial charge in [-0.15, -0.1) is 0 Å². The van der Waals surface area contributed by atoms with Crippen LogP contribution in [0.1, 0.15) is 43.7 Å². The number of nitrogens with zero attached hydrogens (tertiary/aromatic N) is 1. The molecule has 19 heavy (non-hydrogen) atoms. The summed E-state index contributed by atoms with van der Waals surface area (Å²) in [5.74, 6) is 5.78. The van der Waals surface area contributed by atoms with E-state index in [0.29, 0.717) is 0 Å². The molecule has 0 aromatic heterocycles. The SMILES string of the molecule is CN(C)c1ccc(C(NN)C2=CCCCCC2)cc1. The number of benzene rings is 1. The molecule has 1 aromatic carbocycles. The lowest BCUT2D eigenvalue weighted by atomic mass is 9.95. The molecule has 0 bridgehead atoms. The Morgan fingerprint density at radius 1 is 1.11 bits per heavy atom. The normalized spacial score (nSPS) is 17.5. The molecule has 0 fully saturated rings. The Hall–Kier alpha value is -1.32. The summed E-state index contributed by atoms with van der Waals surface area (Å²) >= 11 is 0. The van der Waals surface area contributed by atoms with Crippen LogP contribution in [0.3, 0.4) is 0 Å². The summed E-state index contributed by atoms with van der Waals surface area (Å²) in [6.07, 6.45) is 8.63. The number of hydrazine groups is 1. The number of nitrogens with one attached hydrogen (secondary N) is 1. The van der Waals surface area contributed by atoms with E-state index >= 15 is 0 Å². The fourth-order valence-electron chi connectivity index (χ4n) is 2.68. The maximum absolute atomic E-state index is 5.78. The van der Waals surface area contributed by atoms with E-state index in [0.717, 1.165) is 6.42 Å². The van der Waals surface area contributed by atoms with Gasteiger partial charge in [0, 0.05) is 19.8 Å². The number of anilines is 1. The molecular weight excluding hydrogens is 234 g/mol. The summed E-state index contributed by atoms with van der Waals surface area (Å²) in [5.41, 5.74) is 6.89. The lowest BCUT2D eigenvalue weighted by Gasteiger charge is -2.21. The largest absolute Gasteiger partial charge is 0.378 e. The zero-order valence-corrected chi connectivity index (χ0v) is 12.0. The molecule has 1 atom stereocenters. The van der Waals surface area contributed by atoms with Gasteiger partial charge in [0.2, 0.25) is 0 Å². The highest BCUT2D eigenvalue weighted by Gasteiger charge is 2.16. The first kappa shape index (κ1) is 14.1. The molecule has 0 radical (unpaired) electrons. The molecule has 3 heteroatoms. The number of hydrogen-bond donors (Lipinski definition) is 2. The molecule has 0 aliphatic heterocycles. The number of rotatable bonds is 4. The molecule has 0 heterocycles. The first-order valence-corrected chi connectivity index (χ1v) is 7.14. The van der Waals surface area contributed by atoms with Crippen molar-refractivity contribution in [1.82, 2.24) is 5.43 Å². The zero-order valence-electron chi connectivity index (χ0n) is 12.0. The molecule has 2 rings (SSSR count). The number of allylic oxidation sites excluding steroid dienone is 1. The Labute approximate surface area is 116 Å². The molecule has 0 amide bonds. The van der Waals surface area contributed by atoms with E-state index in [9.17, 15) is 0 Å². The maximum atomic E-state index is 5.78. The molecular formula is C16H25N3. The van der Waals surface area contributed by atoms with Crippen LogP contribution in [0.15, 0.2) is 35.9 Å². The maximum Gasteiger partial charge on any atom is 0.0670 e. The van der Waals surface area contributed by atoms with Gasteiger partial charge in [0.1, 0.15) is 0 Å². The van der Waals surface area contributed by atoms with E-state index in [2.05, 4.69) is 54.8 Å². The van der Waals surface area contributed by atoms with E-state index < -0.39 is 0 Å². The van der Waals surface area contributed by atoms with Crippen molar-refractivity contribution in [3.63, 3.8) is 0 Å². The average Bonchev–Trinajstić information content (AvgIpc) is 2.69. The minimum Gasteiger partial charge on any atom is -0.378 e. The second-order valence-electron chi connectivity index (χ2n) is 5.46. The van der Waals surface area contributed by atoms with Gasteiger partial charge in [-0.3, -0.25) is 5.84 Å². The van der Waals surface area contributed by atoms with Gasteiger partial charge in [-0.05, 0) is 43.4 Å². The minimum atomic E-state index is 0.161. The summed E-state index contributed by atoms with van der Waals surface area (Å²) in [5, 5.41) is 0. The standard InChI is InChI=1S/C16H25N3/c1-19(2)15-11-9-14(10-12-15)16(18-17)13-7-5-3-4-6-8-13/h7,9-12,16,18H,3-6,8,17H2,1-2H3. The fourth-order valence-corrected chi connectivity index (χ4v) is 2.68.